The standard InChI is InChI=1S/C9H14N2S/c1-7-6-9(12)11(10-7)8-4-2-3-5-8/h6,8,10H,2-5H2,1H3. The van der Waals surface area contributed by atoms with E-state index in [0.717, 1.165) is 4.64 Å². The summed E-state index contributed by atoms with van der Waals surface area (Å²) in [5.41, 5.74) is 1.17. The SMILES string of the molecule is Cc1cc(=S)n(C2CCCC2)[nH]1. The fourth-order valence-corrected chi connectivity index (χ4v) is 2.34. The van der Waals surface area contributed by atoms with Gasteiger partial charge in [-0.2, -0.15) is 0 Å². The van der Waals surface area contributed by atoms with Gasteiger partial charge in [-0.1, -0.05) is 25.1 Å². The van der Waals surface area contributed by atoms with Crippen LogP contribution in [-0.2, 0) is 0 Å². The molecule has 3 heteroatoms. The number of nitrogens with zero attached hydrogens (tertiary/aromatic N) is 1. The van der Waals surface area contributed by atoms with Crippen LogP contribution in [0, 0.1) is 11.6 Å². The molecule has 1 fully saturated rings. The molecule has 1 aliphatic carbocycles. The van der Waals surface area contributed by atoms with E-state index in [2.05, 4.69) is 16.7 Å². The molecule has 66 valence electrons. The minimum absolute atomic E-state index is 0.645. The molecule has 1 heterocycles. The molecule has 1 saturated carbocycles. The smallest absolute Gasteiger partial charge is 0.122 e. The summed E-state index contributed by atoms with van der Waals surface area (Å²) in [7, 11) is 0. The first-order valence-corrected chi connectivity index (χ1v) is 4.96. The number of aromatic amines is 1. The van der Waals surface area contributed by atoms with Crippen molar-refractivity contribution in [2.45, 2.75) is 38.6 Å². The van der Waals surface area contributed by atoms with Crippen LogP contribution in [-0.4, -0.2) is 9.78 Å². The molecule has 0 saturated heterocycles. The number of aryl methyl sites for hydroxylation is 1. The molecular weight excluding hydrogens is 168 g/mol. The highest BCUT2D eigenvalue weighted by Crippen LogP contribution is 2.29. The first-order valence-electron chi connectivity index (χ1n) is 4.55. The lowest BCUT2D eigenvalue weighted by molar-refractivity contribution is 0.460. The van der Waals surface area contributed by atoms with Crippen LogP contribution in [0.5, 0.6) is 0 Å². The van der Waals surface area contributed by atoms with Crippen LogP contribution >= 0.6 is 12.2 Å². The zero-order valence-corrected chi connectivity index (χ0v) is 8.16. The highest BCUT2D eigenvalue weighted by atomic mass is 32.1. The number of nitrogens with one attached hydrogen (secondary N) is 1. The van der Waals surface area contributed by atoms with E-state index in [1.54, 1.807) is 0 Å². The van der Waals surface area contributed by atoms with Crippen LogP contribution in [0.4, 0.5) is 0 Å². The molecule has 0 bridgehead atoms. The summed E-state index contributed by atoms with van der Waals surface area (Å²) >= 11 is 5.24. The summed E-state index contributed by atoms with van der Waals surface area (Å²) in [6.07, 6.45) is 5.28. The van der Waals surface area contributed by atoms with Gasteiger partial charge >= 0.3 is 0 Å². The summed E-state index contributed by atoms with van der Waals surface area (Å²) < 4.78 is 3.11. The first-order chi connectivity index (χ1) is 5.77. The fourth-order valence-electron chi connectivity index (χ4n) is 1.97. The van der Waals surface area contributed by atoms with Crippen molar-refractivity contribution in [3.63, 3.8) is 0 Å². The Bertz CT molecular complexity index is 318. The monoisotopic (exact) mass is 182 g/mol. The molecule has 0 aromatic carbocycles. The van der Waals surface area contributed by atoms with E-state index < -0.39 is 0 Å². The quantitative estimate of drug-likeness (QED) is 0.662. The summed E-state index contributed by atoms with van der Waals surface area (Å²) in [4.78, 5) is 0. The molecule has 1 aliphatic rings. The average molecular weight is 182 g/mol. The highest BCUT2D eigenvalue weighted by molar-refractivity contribution is 7.71. The number of rotatable bonds is 1. The zero-order chi connectivity index (χ0) is 8.55. The van der Waals surface area contributed by atoms with E-state index in [4.69, 9.17) is 12.2 Å². The molecule has 0 spiro atoms. The summed E-state index contributed by atoms with van der Waals surface area (Å²) in [6, 6.07) is 2.68. The Morgan fingerprint density at radius 3 is 2.67 bits per heavy atom. The summed E-state index contributed by atoms with van der Waals surface area (Å²) in [5, 5.41) is 3.30. The van der Waals surface area contributed by atoms with Crippen LogP contribution in [0.2, 0.25) is 0 Å². The molecule has 0 unspecified atom stereocenters. The van der Waals surface area contributed by atoms with Gasteiger partial charge in [0.2, 0.25) is 0 Å². The summed E-state index contributed by atoms with van der Waals surface area (Å²) in [6.45, 7) is 2.06. The number of aromatic nitrogens is 2. The van der Waals surface area contributed by atoms with E-state index in [1.165, 1.54) is 31.4 Å². The lowest BCUT2D eigenvalue weighted by atomic mass is 10.3. The van der Waals surface area contributed by atoms with Gasteiger partial charge in [0.05, 0.1) is 6.04 Å². The number of hydrogen-bond acceptors (Lipinski definition) is 1. The van der Waals surface area contributed by atoms with Crippen molar-refractivity contribution in [3.05, 3.63) is 16.4 Å². The summed E-state index contributed by atoms with van der Waals surface area (Å²) in [5.74, 6) is 0. The van der Waals surface area contributed by atoms with Crippen LogP contribution < -0.4 is 0 Å². The van der Waals surface area contributed by atoms with Gasteiger partial charge in [0.15, 0.2) is 0 Å². The average Bonchev–Trinajstić information content (AvgIpc) is 2.58. The fraction of sp³-hybridized carbons (Fsp3) is 0.667. The van der Waals surface area contributed by atoms with Gasteiger partial charge in [-0.05, 0) is 25.8 Å². The lowest BCUT2D eigenvalue weighted by Gasteiger charge is -2.10. The van der Waals surface area contributed by atoms with Crippen molar-refractivity contribution in [2.24, 2.45) is 0 Å². The van der Waals surface area contributed by atoms with E-state index in [-0.39, 0.29) is 0 Å². The topological polar surface area (TPSA) is 20.7 Å². The minimum Gasteiger partial charge on any atom is -0.302 e. The van der Waals surface area contributed by atoms with Crippen molar-refractivity contribution < 1.29 is 0 Å². The lowest BCUT2D eigenvalue weighted by Crippen LogP contribution is -2.06. The highest BCUT2D eigenvalue weighted by Gasteiger charge is 2.17. The van der Waals surface area contributed by atoms with Crippen molar-refractivity contribution >= 4 is 12.2 Å². The third kappa shape index (κ3) is 1.33. The van der Waals surface area contributed by atoms with Gasteiger partial charge in [-0.15, -0.1) is 0 Å². The Balaban J connectivity index is 2.32. The predicted octanol–water partition coefficient (Wildman–Crippen LogP) is 2.97. The van der Waals surface area contributed by atoms with E-state index >= 15 is 0 Å². The number of hydrogen-bond donors (Lipinski definition) is 1. The molecule has 2 rings (SSSR count). The molecular formula is C9H14N2S. The predicted molar refractivity (Wildman–Crippen MR) is 51.9 cm³/mol. The maximum atomic E-state index is 5.24. The Hall–Kier alpha value is -0.570. The molecule has 1 aromatic rings. The number of H-pyrrole nitrogens is 1. The molecule has 2 nitrogen and oxygen atoms in total. The van der Waals surface area contributed by atoms with Gasteiger partial charge in [-0.25, -0.2) is 0 Å². The molecule has 0 atom stereocenters. The zero-order valence-electron chi connectivity index (χ0n) is 7.34. The molecule has 1 aromatic heterocycles. The Morgan fingerprint density at radius 2 is 2.17 bits per heavy atom. The van der Waals surface area contributed by atoms with Crippen LogP contribution in [0.3, 0.4) is 0 Å². The molecule has 1 N–H and O–H groups in total. The normalized spacial score (nSPS) is 18.8. The van der Waals surface area contributed by atoms with Gasteiger partial charge in [-0.3, -0.25) is 4.68 Å². The van der Waals surface area contributed by atoms with Crippen molar-refractivity contribution in [3.8, 4) is 0 Å². The van der Waals surface area contributed by atoms with Gasteiger partial charge < -0.3 is 5.10 Å². The van der Waals surface area contributed by atoms with Crippen molar-refractivity contribution in [1.29, 1.82) is 0 Å². The second-order valence-corrected chi connectivity index (χ2v) is 4.00. The van der Waals surface area contributed by atoms with Gasteiger partial charge in [0, 0.05) is 5.69 Å². The molecule has 0 aliphatic heterocycles. The second-order valence-electron chi connectivity index (χ2n) is 3.59. The largest absolute Gasteiger partial charge is 0.302 e. The Morgan fingerprint density at radius 1 is 1.50 bits per heavy atom. The maximum absolute atomic E-state index is 5.24. The second kappa shape index (κ2) is 3.05. The van der Waals surface area contributed by atoms with Gasteiger partial charge in [0.25, 0.3) is 0 Å². The minimum atomic E-state index is 0.645. The van der Waals surface area contributed by atoms with E-state index in [9.17, 15) is 0 Å². The molecule has 0 radical (unpaired) electrons. The third-order valence-corrected chi connectivity index (χ3v) is 2.88. The molecule has 0 amide bonds. The van der Waals surface area contributed by atoms with E-state index in [0.29, 0.717) is 6.04 Å². The first kappa shape index (κ1) is 8.05. The van der Waals surface area contributed by atoms with E-state index in [1.807, 2.05) is 6.07 Å². The van der Waals surface area contributed by atoms with Crippen LogP contribution in [0.1, 0.15) is 37.4 Å². The van der Waals surface area contributed by atoms with Crippen LogP contribution in [0.15, 0.2) is 6.07 Å². The Kier molecular flexibility index (Phi) is 2.05. The third-order valence-electron chi connectivity index (χ3n) is 2.56. The van der Waals surface area contributed by atoms with Crippen molar-refractivity contribution in [2.75, 3.05) is 0 Å². The Labute approximate surface area is 77.6 Å². The van der Waals surface area contributed by atoms with Crippen molar-refractivity contribution in [1.82, 2.24) is 9.78 Å². The van der Waals surface area contributed by atoms with Gasteiger partial charge in [0.1, 0.15) is 4.64 Å². The maximum Gasteiger partial charge on any atom is 0.122 e. The van der Waals surface area contributed by atoms with Crippen LogP contribution in [0.25, 0.3) is 0 Å². The molecule has 12 heavy (non-hydrogen) atoms.